The van der Waals surface area contributed by atoms with E-state index in [1.54, 1.807) is 6.92 Å². The molecule has 0 aromatic heterocycles. The number of ether oxygens (including phenoxy) is 1. The third-order valence-corrected chi connectivity index (χ3v) is 1.58. The van der Waals surface area contributed by atoms with Crippen LogP contribution in [0.25, 0.3) is 0 Å². The predicted molar refractivity (Wildman–Crippen MR) is 50.7 cm³/mol. The van der Waals surface area contributed by atoms with Gasteiger partial charge in [-0.25, -0.2) is 4.39 Å². The number of hydrogen-bond acceptors (Lipinski definition) is 2. The Morgan fingerprint density at radius 2 is 2.36 bits per heavy atom. The minimum Gasteiger partial charge on any atom is -0.480 e. The maximum atomic E-state index is 12.7. The molecule has 0 N–H and O–H groups in total. The van der Waals surface area contributed by atoms with E-state index in [0.717, 1.165) is 6.07 Å². The summed E-state index contributed by atoms with van der Waals surface area (Å²) in [5, 5.41) is 0. The second-order valence-corrected chi connectivity index (χ2v) is 2.52. The topological polar surface area (TPSA) is 26.3 Å². The van der Waals surface area contributed by atoms with Gasteiger partial charge in [0.25, 0.3) is 0 Å². The third-order valence-electron chi connectivity index (χ3n) is 1.58. The van der Waals surface area contributed by atoms with Crippen molar-refractivity contribution in [3.63, 3.8) is 0 Å². The number of rotatable bonds is 3. The van der Waals surface area contributed by atoms with Crippen LogP contribution in [-0.4, -0.2) is 12.9 Å². The van der Waals surface area contributed by atoms with Gasteiger partial charge in [0.1, 0.15) is 18.2 Å². The molecular weight excluding hydrogens is 183 g/mol. The number of aldehydes is 1. The molecule has 0 aliphatic carbocycles. The van der Waals surface area contributed by atoms with Crippen molar-refractivity contribution < 1.29 is 13.9 Å². The van der Waals surface area contributed by atoms with Crippen molar-refractivity contribution in [3.8, 4) is 17.6 Å². The van der Waals surface area contributed by atoms with Gasteiger partial charge in [0.2, 0.25) is 0 Å². The quantitative estimate of drug-likeness (QED) is 0.541. The summed E-state index contributed by atoms with van der Waals surface area (Å²) >= 11 is 0. The summed E-state index contributed by atoms with van der Waals surface area (Å²) < 4.78 is 17.8. The number of carbonyl (C=O) groups excluding carboxylic acids is 1. The van der Waals surface area contributed by atoms with Gasteiger partial charge in [-0.15, -0.1) is 5.92 Å². The normalized spacial score (nSPS) is 8.71. The van der Waals surface area contributed by atoms with Crippen molar-refractivity contribution in [2.75, 3.05) is 6.61 Å². The van der Waals surface area contributed by atoms with Crippen molar-refractivity contribution in [1.29, 1.82) is 0 Å². The lowest BCUT2D eigenvalue weighted by Gasteiger charge is -2.04. The lowest BCUT2D eigenvalue weighted by Crippen LogP contribution is -1.97. The highest BCUT2D eigenvalue weighted by molar-refractivity contribution is 5.79. The fourth-order valence-corrected chi connectivity index (χ4v) is 0.929. The first-order chi connectivity index (χ1) is 6.77. The van der Waals surface area contributed by atoms with Gasteiger partial charge in [0, 0.05) is 0 Å². The molecule has 0 spiro atoms. The van der Waals surface area contributed by atoms with Gasteiger partial charge in [0.05, 0.1) is 5.56 Å². The minimum atomic E-state index is -0.457. The Morgan fingerprint density at radius 3 is 3.00 bits per heavy atom. The van der Waals surface area contributed by atoms with Crippen molar-refractivity contribution in [3.05, 3.63) is 29.6 Å². The van der Waals surface area contributed by atoms with E-state index in [0.29, 0.717) is 12.0 Å². The first-order valence-electron chi connectivity index (χ1n) is 4.05. The molecule has 3 heteroatoms. The van der Waals surface area contributed by atoms with Gasteiger partial charge < -0.3 is 4.74 Å². The van der Waals surface area contributed by atoms with Crippen LogP contribution in [0, 0.1) is 17.7 Å². The van der Waals surface area contributed by atoms with Gasteiger partial charge in [-0.1, -0.05) is 5.92 Å². The molecule has 0 fully saturated rings. The van der Waals surface area contributed by atoms with Gasteiger partial charge >= 0.3 is 0 Å². The number of benzene rings is 1. The van der Waals surface area contributed by atoms with E-state index in [1.807, 2.05) is 0 Å². The molecule has 14 heavy (non-hydrogen) atoms. The molecule has 1 rings (SSSR count). The summed E-state index contributed by atoms with van der Waals surface area (Å²) in [4.78, 5) is 10.5. The van der Waals surface area contributed by atoms with Crippen molar-refractivity contribution in [2.24, 2.45) is 0 Å². The first kappa shape index (κ1) is 10.3. The van der Waals surface area contributed by atoms with Gasteiger partial charge in [-0.3, -0.25) is 4.79 Å². The molecule has 1 aromatic rings. The van der Waals surface area contributed by atoms with Crippen LogP contribution < -0.4 is 4.74 Å². The molecule has 0 unspecified atom stereocenters. The monoisotopic (exact) mass is 192 g/mol. The second kappa shape index (κ2) is 5.03. The summed E-state index contributed by atoms with van der Waals surface area (Å²) in [5.74, 6) is 5.22. The fourth-order valence-electron chi connectivity index (χ4n) is 0.929. The van der Waals surface area contributed by atoms with Crippen LogP contribution >= 0.6 is 0 Å². The zero-order chi connectivity index (χ0) is 10.4. The largest absolute Gasteiger partial charge is 0.480 e. The van der Waals surface area contributed by atoms with Crippen molar-refractivity contribution in [2.45, 2.75) is 6.92 Å². The molecule has 0 aliphatic rings. The van der Waals surface area contributed by atoms with Crippen molar-refractivity contribution in [1.82, 2.24) is 0 Å². The SMILES string of the molecule is CC#CCOc1ccc(F)cc1C=O. The molecule has 0 atom stereocenters. The number of hydrogen-bond donors (Lipinski definition) is 0. The Kier molecular flexibility index (Phi) is 3.69. The molecule has 0 heterocycles. The van der Waals surface area contributed by atoms with Gasteiger partial charge in [0.15, 0.2) is 6.29 Å². The molecular formula is C11H9FO2. The Bertz CT molecular complexity index is 388. The van der Waals surface area contributed by atoms with E-state index in [1.165, 1.54) is 12.1 Å². The first-order valence-corrected chi connectivity index (χ1v) is 4.05. The summed E-state index contributed by atoms with van der Waals surface area (Å²) in [6, 6.07) is 3.78. The van der Waals surface area contributed by atoms with Crippen LogP contribution in [0.3, 0.4) is 0 Å². The zero-order valence-corrected chi connectivity index (χ0v) is 7.71. The highest BCUT2D eigenvalue weighted by Gasteiger charge is 2.03. The number of carbonyl (C=O) groups is 1. The fraction of sp³-hybridized carbons (Fsp3) is 0.182. The Balaban J connectivity index is 2.83. The molecule has 0 amide bonds. The summed E-state index contributed by atoms with van der Waals surface area (Å²) in [6.07, 6.45) is 0.553. The van der Waals surface area contributed by atoms with Crippen LogP contribution in [0.5, 0.6) is 5.75 Å². The van der Waals surface area contributed by atoms with Gasteiger partial charge in [-0.2, -0.15) is 0 Å². The Morgan fingerprint density at radius 1 is 1.57 bits per heavy atom. The summed E-state index contributed by atoms with van der Waals surface area (Å²) in [7, 11) is 0. The average molecular weight is 192 g/mol. The standard InChI is InChI=1S/C11H9FO2/c1-2-3-6-14-11-5-4-10(12)7-9(11)8-13/h4-5,7-8H,6H2,1H3. The second-order valence-electron chi connectivity index (χ2n) is 2.52. The van der Waals surface area contributed by atoms with E-state index >= 15 is 0 Å². The molecule has 0 radical (unpaired) electrons. The molecule has 72 valence electrons. The Hall–Kier alpha value is -1.82. The van der Waals surface area contributed by atoms with E-state index in [-0.39, 0.29) is 12.2 Å². The average Bonchev–Trinajstić information content (AvgIpc) is 2.20. The van der Waals surface area contributed by atoms with E-state index < -0.39 is 5.82 Å². The van der Waals surface area contributed by atoms with E-state index in [9.17, 15) is 9.18 Å². The molecule has 1 aromatic carbocycles. The summed E-state index contributed by atoms with van der Waals surface area (Å²) in [5.41, 5.74) is 0.197. The van der Waals surface area contributed by atoms with Crippen molar-refractivity contribution >= 4 is 6.29 Å². The Labute approximate surface area is 81.7 Å². The molecule has 0 bridgehead atoms. The minimum absolute atomic E-state index is 0.197. The lowest BCUT2D eigenvalue weighted by molar-refractivity contribution is 0.111. The van der Waals surface area contributed by atoms with Crippen LogP contribution in [0.4, 0.5) is 4.39 Å². The highest BCUT2D eigenvalue weighted by Crippen LogP contribution is 2.17. The van der Waals surface area contributed by atoms with E-state index in [4.69, 9.17) is 4.74 Å². The van der Waals surface area contributed by atoms with Crippen LogP contribution in [0.1, 0.15) is 17.3 Å². The molecule has 0 aliphatic heterocycles. The molecule has 0 saturated carbocycles. The van der Waals surface area contributed by atoms with Crippen LogP contribution in [-0.2, 0) is 0 Å². The predicted octanol–water partition coefficient (Wildman–Crippen LogP) is 2.04. The molecule has 0 saturated heterocycles. The summed E-state index contributed by atoms with van der Waals surface area (Å²) in [6.45, 7) is 1.89. The van der Waals surface area contributed by atoms with Crippen LogP contribution in [0.15, 0.2) is 18.2 Å². The smallest absolute Gasteiger partial charge is 0.153 e. The number of halogens is 1. The highest BCUT2D eigenvalue weighted by atomic mass is 19.1. The molecule has 2 nitrogen and oxygen atoms in total. The third kappa shape index (κ3) is 2.60. The van der Waals surface area contributed by atoms with Crippen LogP contribution in [0.2, 0.25) is 0 Å². The maximum absolute atomic E-state index is 12.7. The van der Waals surface area contributed by atoms with E-state index in [2.05, 4.69) is 11.8 Å². The lowest BCUT2D eigenvalue weighted by atomic mass is 10.2. The maximum Gasteiger partial charge on any atom is 0.153 e. The van der Waals surface area contributed by atoms with Gasteiger partial charge in [-0.05, 0) is 25.1 Å². The zero-order valence-electron chi connectivity index (χ0n) is 7.71.